The summed E-state index contributed by atoms with van der Waals surface area (Å²) in [5, 5.41) is 0. The highest BCUT2D eigenvalue weighted by molar-refractivity contribution is 7.48. The van der Waals surface area contributed by atoms with Crippen molar-refractivity contribution in [2.24, 2.45) is 23.7 Å². The monoisotopic (exact) mass is 230 g/mol. The van der Waals surface area contributed by atoms with Crippen LogP contribution in [0.2, 0.25) is 0 Å². The summed E-state index contributed by atoms with van der Waals surface area (Å²) in [5.41, 5.74) is 0. The topological polar surface area (TPSA) is 44.8 Å². The van der Waals surface area contributed by atoms with Crippen LogP contribution in [0.1, 0.15) is 6.42 Å². The molecule has 0 N–H and O–H groups in total. The van der Waals surface area contributed by atoms with Crippen molar-refractivity contribution in [1.82, 2.24) is 0 Å². The Morgan fingerprint density at radius 3 is 2.20 bits per heavy atom. The Morgan fingerprint density at radius 1 is 1.20 bits per heavy atom. The molecular formula is C10H15O4P. The summed E-state index contributed by atoms with van der Waals surface area (Å²) in [5.74, 6) is 2.11. The van der Waals surface area contributed by atoms with E-state index in [0.717, 1.165) is 0 Å². The van der Waals surface area contributed by atoms with Gasteiger partial charge in [-0.25, -0.2) is 4.57 Å². The van der Waals surface area contributed by atoms with Crippen LogP contribution in [0.15, 0.2) is 12.2 Å². The normalized spacial score (nSPS) is 52.9. The van der Waals surface area contributed by atoms with Gasteiger partial charge in [-0.2, -0.15) is 0 Å². The molecule has 0 aromatic rings. The summed E-state index contributed by atoms with van der Waals surface area (Å²) in [4.78, 5) is 0. The molecule has 4 nitrogen and oxygen atoms in total. The van der Waals surface area contributed by atoms with Crippen LogP contribution in [0.5, 0.6) is 0 Å². The lowest BCUT2D eigenvalue weighted by molar-refractivity contribution is 0.143. The number of rotatable bonds is 1. The van der Waals surface area contributed by atoms with Crippen molar-refractivity contribution in [3.8, 4) is 0 Å². The van der Waals surface area contributed by atoms with Crippen molar-refractivity contribution in [3.63, 3.8) is 0 Å². The predicted octanol–water partition coefficient (Wildman–Crippen LogP) is 2.23. The third-order valence-corrected chi connectivity index (χ3v) is 5.25. The van der Waals surface area contributed by atoms with Crippen LogP contribution in [0.3, 0.4) is 0 Å². The lowest BCUT2D eigenvalue weighted by Crippen LogP contribution is -2.24. The van der Waals surface area contributed by atoms with Gasteiger partial charge in [0.25, 0.3) is 0 Å². The van der Waals surface area contributed by atoms with E-state index >= 15 is 0 Å². The second-order valence-electron chi connectivity index (χ2n) is 4.50. The molecule has 0 aromatic carbocycles. The van der Waals surface area contributed by atoms with Crippen LogP contribution >= 0.6 is 7.82 Å². The molecule has 1 heterocycles. The zero-order valence-electron chi connectivity index (χ0n) is 8.67. The minimum atomic E-state index is -3.24. The maximum absolute atomic E-state index is 11.8. The molecule has 5 heteroatoms. The molecule has 2 fully saturated rings. The lowest BCUT2D eigenvalue weighted by Gasteiger charge is -2.23. The van der Waals surface area contributed by atoms with Crippen LogP contribution in [-0.4, -0.2) is 20.3 Å². The van der Waals surface area contributed by atoms with E-state index in [1.54, 1.807) is 0 Å². The van der Waals surface area contributed by atoms with Crippen LogP contribution in [0, 0.1) is 23.7 Å². The zero-order chi connectivity index (χ0) is 10.5. The fourth-order valence-corrected chi connectivity index (χ4v) is 4.01. The van der Waals surface area contributed by atoms with E-state index in [-0.39, 0.29) is 0 Å². The van der Waals surface area contributed by atoms with Crippen molar-refractivity contribution < 1.29 is 18.1 Å². The first-order valence-electron chi connectivity index (χ1n) is 5.35. The Morgan fingerprint density at radius 2 is 1.73 bits per heavy atom. The minimum absolute atomic E-state index is 0.464. The van der Waals surface area contributed by atoms with E-state index in [0.29, 0.717) is 36.9 Å². The molecule has 2 aliphatic carbocycles. The minimum Gasteiger partial charge on any atom is -0.290 e. The quantitative estimate of drug-likeness (QED) is 0.511. The van der Waals surface area contributed by atoms with Gasteiger partial charge in [-0.1, -0.05) is 12.2 Å². The molecule has 0 radical (unpaired) electrons. The average Bonchev–Trinajstić information content (AvgIpc) is 2.79. The number of fused-ring (bicyclic) bond motifs is 5. The Kier molecular flexibility index (Phi) is 2.29. The molecule has 1 aliphatic heterocycles. The van der Waals surface area contributed by atoms with E-state index in [1.165, 1.54) is 13.5 Å². The van der Waals surface area contributed by atoms with Gasteiger partial charge < -0.3 is 0 Å². The Bertz CT molecular complexity index is 314. The molecule has 1 saturated heterocycles. The predicted molar refractivity (Wildman–Crippen MR) is 54.2 cm³/mol. The summed E-state index contributed by atoms with van der Waals surface area (Å²) in [6, 6.07) is 0. The second kappa shape index (κ2) is 3.42. The average molecular weight is 230 g/mol. The van der Waals surface area contributed by atoms with E-state index in [2.05, 4.69) is 12.2 Å². The van der Waals surface area contributed by atoms with E-state index in [9.17, 15) is 4.57 Å². The van der Waals surface area contributed by atoms with Gasteiger partial charge in [-0.3, -0.25) is 13.6 Å². The third-order valence-electron chi connectivity index (χ3n) is 3.87. The Labute approximate surface area is 89.2 Å². The first-order chi connectivity index (χ1) is 7.22. The molecule has 15 heavy (non-hydrogen) atoms. The smallest absolute Gasteiger partial charge is 0.290 e. The molecule has 0 aromatic heterocycles. The summed E-state index contributed by atoms with van der Waals surface area (Å²) in [6.07, 6.45) is 5.73. The van der Waals surface area contributed by atoms with Crippen molar-refractivity contribution in [1.29, 1.82) is 0 Å². The van der Waals surface area contributed by atoms with Gasteiger partial charge in [-0.15, -0.1) is 0 Å². The van der Waals surface area contributed by atoms with Crippen molar-refractivity contribution in [2.45, 2.75) is 6.42 Å². The van der Waals surface area contributed by atoms with Gasteiger partial charge in [0.15, 0.2) is 0 Å². The van der Waals surface area contributed by atoms with Crippen molar-refractivity contribution in [3.05, 3.63) is 12.2 Å². The van der Waals surface area contributed by atoms with Gasteiger partial charge in [0.2, 0.25) is 0 Å². The van der Waals surface area contributed by atoms with E-state index in [1.807, 2.05) is 0 Å². The maximum atomic E-state index is 11.8. The number of allylic oxidation sites excluding steroid dienone is 2. The van der Waals surface area contributed by atoms with E-state index in [4.69, 9.17) is 13.6 Å². The Balaban J connectivity index is 1.80. The Hall–Kier alpha value is -0.150. The van der Waals surface area contributed by atoms with Gasteiger partial charge >= 0.3 is 7.82 Å². The lowest BCUT2D eigenvalue weighted by atomic mass is 9.84. The summed E-state index contributed by atoms with van der Waals surface area (Å²) in [7, 11) is -1.87. The molecule has 5 atom stereocenters. The SMILES string of the molecule is COP1(=O)OC[C@@H]2[C@H](CO1)[C@H]1C=C[C@@H]2C1. The van der Waals surface area contributed by atoms with E-state index < -0.39 is 7.82 Å². The summed E-state index contributed by atoms with van der Waals surface area (Å²) in [6.45, 7) is 1.00. The molecule has 2 bridgehead atoms. The summed E-state index contributed by atoms with van der Waals surface area (Å²) >= 11 is 0. The van der Waals surface area contributed by atoms with Gasteiger partial charge in [-0.05, 0) is 30.1 Å². The molecule has 1 saturated carbocycles. The molecular weight excluding hydrogens is 215 g/mol. The maximum Gasteiger partial charge on any atom is 0.474 e. The second-order valence-corrected chi connectivity index (χ2v) is 6.27. The third kappa shape index (κ3) is 1.51. The first-order valence-corrected chi connectivity index (χ1v) is 6.81. The molecule has 3 rings (SSSR count). The summed E-state index contributed by atoms with van der Waals surface area (Å²) < 4.78 is 27.2. The molecule has 3 aliphatic rings. The number of phosphoric ester groups is 1. The standard InChI is InChI=1S/C10H15O4P/c1-12-15(11)13-5-9-7-2-3-8(4-7)10(9)6-14-15/h2-3,7-10H,4-6H2,1H3/t7-,8+,9+,10-,15?. The highest BCUT2D eigenvalue weighted by Gasteiger charge is 2.48. The van der Waals surface area contributed by atoms with Gasteiger partial charge in [0.1, 0.15) is 0 Å². The molecule has 84 valence electrons. The largest absolute Gasteiger partial charge is 0.474 e. The fraction of sp³-hybridized carbons (Fsp3) is 0.800. The molecule has 0 spiro atoms. The molecule has 0 amide bonds. The van der Waals surface area contributed by atoms with Crippen LogP contribution < -0.4 is 0 Å². The van der Waals surface area contributed by atoms with Gasteiger partial charge in [0, 0.05) is 7.11 Å². The fourth-order valence-electron chi connectivity index (χ4n) is 3.02. The number of hydrogen-bond donors (Lipinski definition) is 0. The van der Waals surface area contributed by atoms with Crippen molar-refractivity contribution in [2.75, 3.05) is 20.3 Å². The van der Waals surface area contributed by atoms with Crippen LogP contribution in [0.4, 0.5) is 0 Å². The van der Waals surface area contributed by atoms with Gasteiger partial charge in [0.05, 0.1) is 13.2 Å². The van der Waals surface area contributed by atoms with Crippen molar-refractivity contribution >= 4 is 7.82 Å². The first kappa shape index (κ1) is 10.0. The molecule has 1 unspecified atom stereocenters. The van der Waals surface area contributed by atoms with Crippen LogP contribution in [-0.2, 0) is 18.1 Å². The number of phosphoric acid groups is 1. The highest BCUT2D eigenvalue weighted by atomic mass is 31.2. The number of hydrogen-bond acceptors (Lipinski definition) is 4. The highest BCUT2D eigenvalue weighted by Crippen LogP contribution is 2.57. The zero-order valence-corrected chi connectivity index (χ0v) is 9.56. The van der Waals surface area contributed by atoms with Crippen LogP contribution in [0.25, 0.3) is 0 Å².